The van der Waals surface area contributed by atoms with E-state index >= 15 is 0 Å². The van der Waals surface area contributed by atoms with Crippen molar-refractivity contribution in [3.8, 4) is 11.1 Å². The van der Waals surface area contributed by atoms with E-state index in [1.807, 2.05) is 6.07 Å². The van der Waals surface area contributed by atoms with Crippen molar-refractivity contribution in [2.45, 2.75) is 37.9 Å². The van der Waals surface area contributed by atoms with Crippen LogP contribution in [0.2, 0.25) is 10.0 Å². The maximum atomic E-state index is 7.26. The molecule has 8 heteroatoms. The first-order valence-electron chi connectivity index (χ1n) is 13.3. The molecule has 0 saturated carbocycles. The maximum absolute atomic E-state index is 7.26. The summed E-state index contributed by atoms with van der Waals surface area (Å²) in [6.45, 7) is 5.96. The molecule has 37 heavy (non-hydrogen) atoms. The van der Waals surface area contributed by atoms with E-state index in [-0.39, 0.29) is 0 Å². The Morgan fingerprint density at radius 3 is 2.51 bits per heavy atom. The fraction of sp³-hybridized carbons (Fsp3) is 0.448. The fourth-order valence-corrected chi connectivity index (χ4v) is 7.01. The summed E-state index contributed by atoms with van der Waals surface area (Å²) in [4.78, 5) is 17.1. The van der Waals surface area contributed by atoms with E-state index < -0.39 is 0 Å². The summed E-state index contributed by atoms with van der Waals surface area (Å²) in [5.74, 6) is 2.23. The Labute approximate surface area is 228 Å². The highest BCUT2D eigenvalue weighted by Crippen LogP contribution is 2.45. The van der Waals surface area contributed by atoms with Crippen molar-refractivity contribution in [2.75, 3.05) is 50.1 Å². The molecule has 192 valence electrons. The summed E-state index contributed by atoms with van der Waals surface area (Å²) in [6, 6.07) is 10.0. The van der Waals surface area contributed by atoms with Crippen LogP contribution >= 0.6 is 23.2 Å². The molecule has 5 aliphatic rings. The molecule has 2 bridgehead atoms. The number of likely N-dealkylation sites (N-methyl/N-ethyl adjacent to an activating group) is 1. The molecule has 0 radical (unpaired) electrons. The van der Waals surface area contributed by atoms with Gasteiger partial charge in [0, 0.05) is 55.3 Å². The lowest BCUT2D eigenvalue weighted by Crippen LogP contribution is -2.67. The first kappa shape index (κ1) is 23.7. The number of halogens is 2. The van der Waals surface area contributed by atoms with Gasteiger partial charge in [0.05, 0.1) is 15.6 Å². The quantitative estimate of drug-likeness (QED) is 0.501. The average molecular weight is 536 g/mol. The van der Waals surface area contributed by atoms with Crippen LogP contribution in [0, 0.1) is 5.92 Å². The molecule has 5 heterocycles. The lowest BCUT2D eigenvalue weighted by Gasteiger charge is -2.49. The molecule has 3 unspecified atom stereocenters. The van der Waals surface area contributed by atoms with Crippen molar-refractivity contribution in [3.63, 3.8) is 0 Å². The summed E-state index contributed by atoms with van der Waals surface area (Å²) in [7, 11) is 4.26. The predicted octanol–water partition coefficient (Wildman–Crippen LogP) is 5.11. The minimum atomic E-state index is 0.510. The largest absolute Gasteiger partial charge is 0.353 e. The van der Waals surface area contributed by atoms with E-state index in [0.717, 1.165) is 66.4 Å². The van der Waals surface area contributed by atoms with Gasteiger partial charge >= 0.3 is 0 Å². The normalized spacial score (nSPS) is 24.9. The Balaban J connectivity index is 1.39. The van der Waals surface area contributed by atoms with E-state index in [2.05, 4.69) is 71.4 Å². The zero-order valence-corrected chi connectivity index (χ0v) is 23.0. The van der Waals surface area contributed by atoms with Crippen molar-refractivity contribution in [1.29, 1.82) is 0 Å². The molecule has 0 amide bonds. The van der Waals surface area contributed by atoms with Crippen LogP contribution in [0.3, 0.4) is 0 Å². The number of anilines is 2. The van der Waals surface area contributed by atoms with Crippen LogP contribution < -0.4 is 15.1 Å². The Morgan fingerprint density at radius 1 is 1.03 bits per heavy atom. The van der Waals surface area contributed by atoms with E-state index in [4.69, 9.17) is 33.2 Å². The maximum Gasteiger partial charge on any atom is 0.228 e. The van der Waals surface area contributed by atoms with Crippen LogP contribution in [-0.4, -0.2) is 73.3 Å². The third-order valence-electron chi connectivity index (χ3n) is 8.55. The van der Waals surface area contributed by atoms with Gasteiger partial charge in [0.15, 0.2) is 0 Å². The second kappa shape index (κ2) is 8.84. The molecule has 4 aliphatic heterocycles. The number of benzene rings is 2. The third-order valence-corrected chi connectivity index (χ3v) is 9.21. The highest BCUT2D eigenvalue weighted by Gasteiger charge is 2.38. The number of piperazine rings is 1. The predicted molar refractivity (Wildman–Crippen MR) is 154 cm³/mol. The molecule has 2 aromatic carbocycles. The standard InChI is InChI=1S/C29H32Cl2N6/c1-16-7-8-21-17(9-16)5-4-6-22(21)25-24(30)11-23-27(26(25)31)33-29(37-14-20(15-37)35(2)3)34-28(23)36-12-18-10-19(13-36)32-18/h4-8,11,16,18-20,32H,9-10,12-15H2,1-3H3. The highest BCUT2D eigenvalue weighted by molar-refractivity contribution is 6.43. The first-order chi connectivity index (χ1) is 17.9. The topological polar surface area (TPSA) is 47.5 Å². The van der Waals surface area contributed by atoms with Crippen LogP contribution in [0.5, 0.6) is 0 Å². The van der Waals surface area contributed by atoms with Gasteiger partial charge in [-0.3, -0.25) is 0 Å². The molecule has 1 aromatic heterocycles. The van der Waals surface area contributed by atoms with Crippen LogP contribution in [0.4, 0.5) is 11.8 Å². The van der Waals surface area contributed by atoms with Gasteiger partial charge in [0.2, 0.25) is 5.95 Å². The molecule has 1 aliphatic carbocycles. The number of nitrogens with zero attached hydrogens (tertiary/aromatic N) is 5. The highest BCUT2D eigenvalue weighted by atomic mass is 35.5. The lowest BCUT2D eigenvalue weighted by atomic mass is 9.86. The van der Waals surface area contributed by atoms with Gasteiger partial charge in [-0.25, -0.2) is 4.98 Å². The van der Waals surface area contributed by atoms with E-state index in [1.54, 1.807) is 0 Å². The number of allylic oxidation sites excluding steroid dienone is 1. The van der Waals surface area contributed by atoms with Crippen molar-refractivity contribution >= 4 is 51.9 Å². The van der Waals surface area contributed by atoms with Crippen LogP contribution in [0.15, 0.2) is 30.3 Å². The van der Waals surface area contributed by atoms with Gasteiger partial charge in [0.25, 0.3) is 0 Å². The molecule has 3 atom stereocenters. The lowest BCUT2D eigenvalue weighted by molar-refractivity contribution is 0.225. The minimum Gasteiger partial charge on any atom is -0.353 e. The third kappa shape index (κ3) is 3.92. The van der Waals surface area contributed by atoms with Crippen molar-refractivity contribution in [3.05, 3.63) is 51.5 Å². The molecular formula is C29H32Cl2N6. The molecule has 6 nitrogen and oxygen atoms in total. The Bertz CT molecular complexity index is 1410. The van der Waals surface area contributed by atoms with Crippen LogP contribution in [0.1, 0.15) is 24.5 Å². The van der Waals surface area contributed by atoms with Gasteiger partial charge in [0.1, 0.15) is 5.82 Å². The number of rotatable bonds is 4. The van der Waals surface area contributed by atoms with Crippen molar-refractivity contribution in [2.24, 2.45) is 5.92 Å². The summed E-state index contributed by atoms with van der Waals surface area (Å²) in [5, 5.41) is 5.82. The van der Waals surface area contributed by atoms with Crippen molar-refractivity contribution in [1.82, 2.24) is 20.2 Å². The summed E-state index contributed by atoms with van der Waals surface area (Å²) in [5.41, 5.74) is 5.25. The molecule has 4 saturated heterocycles. The van der Waals surface area contributed by atoms with E-state index in [1.165, 1.54) is 17.5 Å². The van der Waals surface area contributed by atoms with Crippen LogP contribution in [-0.2, 0) is 6.42 Å². The molecule has 1 N–H and O–H groups in total. The first-order valence-corrected chi connectivity index (χ1v) is 14.0. The van der Waals surface area contributed by atoms with Gasteiger partial charge in [-0.1, -0.05) is 60.5 Å². The van der Waals surface area contributed by atoms with Crippen LogP contribution in [0.25, 0.3) is 28.1 Å². The molecule has 0 spiro atoms. The smallest absolute Gasteiger partial charge is 0.228 e. The molecule has 3 aromatic rings. The van der Waals surface area contributed by atoms with Crippen molar-refractivity contribution < 1.29 is 0 Å². The zero-order valence-electron chi connectivity index (χ0n) is 21.5. The van der Waals surface area contributed by atoms with Gasteiger partial charge in [-0.2, -0.15) is 4.98 Å². The number of nitrogens with one attached hydrogen (secondary N) is 1. The van der Waals surface area contributed by atoms with E-state index in [9.17, 15) is 0 Å². The van der Waals surface area contributed by atoms with E-state index in [0.29, 0.717) is 34.1 Å². The summed E-state index contributed by atoms with van der Waals surface area (Å²) in [6.07, 6.45) is 6.75. The Hall–Kier alpha value is -2.38. The summed E-state index contributed by atoms with van der Waals surface area (Å²) < 4.78 is 0. The second-order valence-corrected chi connectivity index (χ2v) is 12.2. The summed E-state index contributed by atoms with van der Waals surface area (Å²) >= 11 is 14.3. The number of hydrogen-bond acceptors (Lipinski definition) is 6. The second-order valence-electron chi connectivity index (χ2n) is 11.4. The molecule has 8 rings (SSSR count). The van der Waals surface area contributed by atoms with Gasteiger partial charge in [-0.15, -0.1) is 0 Å². The average Bonchev–Trinajstić information content (AvgIpc) is 2.82. The minimum absolute atomic E-state index is 0.510. The Kier molecular flexibility index (Phi) is 5.67. The Morgan fingerprint density at radius 2 is 1.78 bits per heavy atom. The molecule has 4 fully saturated rings. The zero-order chi connectivity index (χ0) is 25.4. The van der Waals surface area contributed by atoms with Gasteiger partial charge in [-0.05, 0) is 55.6 Å². The number of aromatic nitrogens is 2. The number of hydrogen-bond donors (Lipinski definition) is 1. The fourth-order valence-electron chi connectivity index (χ4n) is 6.31. The monoisotopic (exact) mass is 534 g/mol. The number of piperidine rings is 1. The number of fused-ring (bicyclic) bond motifs is 4. The van der Waals surface area contributed by atoms with Gasteiger partial charge < -0.3 is 20.0 Å². The molecular weight excluding hydrogens is 503 g/mol. The SMILES string of the molecule is CC1C=Cc2c(cccc2-c2c(Cl)cc3c(N4CC5CC(C4)N5)nc(N4CC(N(C)C)C4)nc3c2Cl)C1.